The molecule has 1 aliphatic carbocycles. The predicted molar refractivity (Wildman–Crippen MR) is 66.4 cm³/mol. The smallest absolute Gasteiger partial charge is 0.115 e. The van der Waals surface area contributed by atoms with Gasteiger partial charge in [0.05, 0.1) is 0 Å². The molecule has 1 unspecified atom stereocenters. The Morgan fingerprint density at radius 3 is 2.88 bits per heavy atom. The third-order valence-corrected chi connectivity index (χ3v) is 3.72. The van der Waals surface area contributed by atoms with Crippen molar-refractivity contribution in [3.8, 4) is 5.75 Å². The highest BCUT2D eigenvalue weighted by molar-refractivity contribution is 5.27. The fourth-order valence-electron chi connectivity index (χ4n) is 2.61. The summed E-state index contributed by atoms with van der Waals surface area (Å²) in [4.78, 5) is 0. The summed E-state index contributed by atoms with van der Waals surface area (Å²) >= 11 is 0. The van der Waals surface area contributed by atoms with Gasteiger partial charge in [0.15, 0.2) is 0 Å². The average molecular weight is 219 g/mol. The van der Waals surface area contributed by atoms with Crippen molar-refractivity contribution in [2.45, 2.75) is 45.7 Å². The first-order valence-electron chi connectivity index (χ1n) is 6.09. The van der Waals surface area contributed by atoms with Gasteiger partial charge in [-0.25, -0.2) is 0 Å². The van der Waals surface area contributed by atoms with Crippen molar-refractivity contribution in [3.63, 3.8) is 0 Å². The molecule has 2 rings (SSSR count). The molecule has 0 bridgehead atoms. The van der Waals surface area contributed by atoms with Crippen LogP contribution in [0.3, 0.4) is 0 Å². The molecule has 0 saturated heterocycles. The third-order valence-electron chi connectivity index (χ3n) is 3.72. The fraction of sp³-hybridized carbons (Fsp3) is 0.571. The molecule has 2 N–H and O–H groups in total. The SMILES string of the molecule is CC1(C)CCCC1NCc1cccc(O)c1. The predicted octanol–water partition coefficient (Wildman–Crippen LogP) is 3.06. The second-order valence-electron chi connectivity index (χ2n) is 5.48. The molecule has 1 fully saturated rings. The molecule has 88 valence electrons. The van der Waals surface area contributed by atoms with Crippen LogP contribution in [-0.2, 0) is 6.54 Å². The lowest BCUT2D eigenvalue weighted by atomic mass is 9.87. The van der Waals surface area contributed by atoms with Gasteiger partial charge in [0.2, 0.25) is 0 Å². The first kappa shape index (κ1) is 11.5. The highest BCUT2D eigenvalue weighted by atomic mass is 16.3. The molecule has 0 spiro atoms. The number of aromatic hydroxyl groups is 1. The summed E-state index contributed by atoms with van der Waals surface area (Å²) in [5.41, 5.74) is 1.57. The standard InChI is InChI=1S/C14H21NO/c1-14(2)8-4-7-13(14)15-10-11-5-3-6-12(16)9-11/h3,5-6,9,13,15-16H,4,7-8,10H2,1-2H3. The van der Waals surface area contributed by atoms with E-state index in [0.717, 1.165) is 12.1 Å². The summed E-state index contributed by atoms with van der Waals surface area (Å²) in [7, 11) is 0. The number of phenolic OH excluding ortho intramolecular Hbond substituents is 1. The van der Waals surface area contributed by atoms with Crippen LogP contribution in [0.5, 0.6) is 5.75 Å². The fourth-order valence-corrected chi connectivity index (χ4v) is 2.61. The van der Waals surface area contributed by atoms with Crippen molar-refractivity contribution in [1.82, 2.24) is 5.32 Å². The van der Waals surface area contributed by atoms with Gasteiger partial charge in [-0.3, -0.25) is 0 Å². The molecule has 1 aliphatic rings. The molecule has 1 aromatic rings. The van der Waals surface area contributed by atoms with Crippen molar-refractivity contribution in [2.24, 2.45) is 5.41 Å². The van der Waals surface area contributed by atoms with E-state index in [1.807, 2.05) is 12.1 Å². The van der Waals surface area contributed by atoms with Crippen molar-refractivity contribution in [3.05, 3.63) is 29.8 Å². The van der Waals surface area contributed by atoms with E-state index in [1.54, 1.807) is 6.07 Å². The molecule has 1 saturated carbocycles. The Morgan fingerprint density at radius 2 is 2.25 bits per heavy atom. The van der Waals surface area contributed by atoms with Crippen molar-refractivity contribution >= 4 is 0 Å². The largest absolute Gasteiger partial charge is 0.508 e. The van der Waals surface area contributed by atoms with E-state index in [-0.39, 0.29) is 0 Å². The number of hydrogen-bond donors (Lipinski definition) is 2. The van der Waals surface area contributed by atoms with Crippen LogP contribution < -0.4 is 5.32 Å². The number of rotatable bonds is 3. The van der Waals surface area contributed by atoms with Gasteiger partial charge in [0.1, 0.15) is 5.75 Å². The van der Waals surface area contributed by atoms with Crippen LogP contribution in [0.25, 0.3) is 0 Å². The molecule has 2 heteroatoms. The quantitative estimate of drug-likeness (QED) is 0.819. The zero-order valence-corrected chi connectivity index (χ0v) is 10.2. The van der Waals surface area contributed by atoms with Gasteiger partial charge in [0, 0.05) is 12.6 Å². The second-order valence-corrected chi connectivity index (χ2v) is 5.48. The summed E-state index contributed by atoms with van der Waals surface area (Å²) in [6.07, 6.45) is 3.90. The van der Waals surface area contributed by atoms with Gasteiger partial charge < -0.3 is 10.4 Å². The summed E-state index contributed by atoms with van der Waals surface area (Å²) in [5.74, 6) is 0.352. The summed E-state index contributed by atoms with van der Waals surface area (Å²) in [6, 6.07) is 8.09. The van der Waals surface area contributed by atoms with Crippen molar-refractivity contribution < 1.29 is 5.11 Å². The maximum atomic E-state index is 9.38. The Bertz CT molecular complexity index is 360. The van der Waals surface area contributed by atoms with Crippen LogP contribution in [0.1, 0.15) is 38.7 Å². The lowest BCUT2D eigenvalue weighted by molar-refractivity contribution is 0.282. The third kappa shape index (κ3) is 2.56. The molecule has 2 nitrogen and oxygen atoms in total. The van der Waals surface area contributed by atoms with Crippen LogP contribution in [0.15, 0.2) is 24.3 Å². The molecule has 0 amide bonds. The van der Waals surface area contributed by atoms with E-state index in [9.17, 15) is 5.11 Å². The molecule has 0 aliphatic heterocycles. The van der Waals surface area contributed by atoms with E-state index in [2.05, 4.69) is 25.2 Å². The molecule has 0 aromatic heterocycles. The zero-order valence-electron chi connectivity index (χ0n) is 10.2. The Morgan fingerprint density at radius 1 is 1.44 bits per heavy atom. The van der Waals surface area contributed by atoms with E-state index in [1.165, 1.54) is 19.3 Å². The molecule has 1 aromatic carbocycles. The minimum atomic E-state index is 0.352. The van der Waals surface area contributed by atoms with Crippen LogP contribution in [0.2, 0.25) is 0 Å². The van der Waals surface area contributed by atoms with E-state index in [4.69, 9.17) is 0 Å². The first-order valence-corrected chi connectivity index (χ1v) is 6.09. The summed E-state index contributed by atoms with van der Waals surface area (Å²) in [5, 5.41) is 13.0. The topological polar surface area (TPSA) is 32.3 Å². The molecule has 0 heterocycles. The highest BCUT2D eigenvalue weighted by Gasteiger charge is 2.33. The molecular weight excluding hydrogens is 198 g/mol. The molecule has 16 heavy (non-hydrogen) atoms. The zero-order chi connectivity index (χ0) is 11.6. The normalized spacial score (nSPS) is 23.5. The minimum absolute atomic E-state index is 0.352. The summed E-state index contributed by atoms with van der Waals surface area (Å²) < 4.78 is 0. The van der Waals surface area contributed by atoms with Crippen LogP contribution in [-0.4, -0.2) is 11.1 Å². The van der Waals surface area contributed by atoms with Gasteiger partial charge >= 0.3 is 0 Å². The van der Waals surface area contributed by atoms with Gasteiger partial charge in [-0.15, -0.1) is 0 Å². The van der Waals surface area contributed by atoms with Gasteiger partial charge in [-0.05, 0) is 36.0 Å². The van der Waals surface area contributed by atoms with E-state index >= 15 is 0 Å². The average Bonchev–Trinajstić information content (AvgIpc) is 2.55. The van der Waals surface area contributed by atoms with Gasteiger partial charge in [0.25, 0.3) is 0 Å². The Labute approximate surface area is 97.7 Å². The number of hydrogen-bond acceptors (Lipinski definition) is 2. The number of nitrogens with one attached hydrogen (secondary N) is 1. The Kier molecular flexibility index (Phi) is 3.20. The maximum Gasteiger partial charge on any atom is 0.115 e. The minimum Gasteiger partial charge on any atom is -0.508 e. The number of benzene rings is 1. The van der Waals surface area contributed by atoms with Crippen molar-refractivity contribution in [2.75, 3.05) is 0 Å². The lowest BCUT2D eigenvalue weighted by Gasteiger charge is -2.28. The monoisotopic (exact) mass is 219 g/mol. The van der Waals surface area contributed by atoms with Gasteiger partial charge in [-0.1, -0.05) is 32.4 Å². The van der Waals surface area contributed by atoms with Crippen LogP contribution in [0, 0.1) is 5.41 Å². The van der Waals surface area contributed by atoms with Crippen molar-refractivity contribution in [1.29, 1.82) is 0 Å². The number of phenols is 1. The molecule has 0 radical (unpaired) electrons. The van der Waals surface area contributed by atoms with Gasteiger partial charge in [-0.2, -0.15) is 0 Å². The van der Waals surface area contributed by atoms with Crippen LogP contribution >= 0.6 is 0 Å². The second kappa shape index (κ2) is 4.46. The highest BCUT2D eigenvalue weighted by Crippen LogP contribution is 2.37. The summed E-state index contributed by atoms with van der Waals surface area (Å²) in [6.45, 7) is 5.52. The molecule has 1 atom stereocenters. The van der Waals surface area contributed by atoms with E-state index in [0.29, 0.717) is 17.2 Å². The lowest BCUT2D eigenvalue weighted by Crippen LogP contribution is -2.37. The first-order chi connectivity index (χ1) is 7.58. The van der Waals surface area contributed by atoms with E-state index < -0.39 is 0 Å². The Balaban J connectivity index is 1.92. The Hall–Kier alpha value is -1.02. The van der Waals surface area contributed by atoms with Crippen LogP contribution in [0.4, 0.5) is 0 Å². The maximum absolute atomic E-state index is 9.38. The molecular formula is C14H21NO.